The first-order valence-electron chi connectivity index (χ1n) is 11.4. The summed E-state index contributed by atoms with van der Waals surface area (Å²) in [5.74, 6) is 1.22. The molecule has 1 heterocycles. The minimum Gasteiger partial charge on any atom is -0.490 e. The van der Waals surface area contributed by atoms with Crippen LogP contribution in [0.5, 0.6) is 11.5 Å². The molecular weight excluding hydrogens is 519 g/mol. The van der Waals surface area contributed by atoms with E-state index in [0.29, 0.717) is 52.0 Å². The average molecular weight is 543 g/mol. The number of nitro groups is 1. The molecule has 1 aromatic heterocycles. The third-order valence-electron chi connectivity index (χ3n) is 5.39. The largest absolute Gasteiger partial charge is 0.490 e. The predicted molar refractivity (Wildman–Crippen MR) is 140 cm³/mol. The van der Waals surface area contributed by atoms with Crippen LogP contribution in [0.4, 0.5) is 4.39 Å². The van der Waals surface area contributed by atoms with Crippen molar-refractivity contribution in [1.82, 2.24) is 14.8 Å². The van der Waals surface area contributed by atoms with Crippen molar-refractivity contribution in [2.45, 2.75) is 30.9 Å². The van der Waals surface area contributed by atoms with E-state index in [9.17, 15) is 14.5 Å². The first-order valence-corrected chi connectivity index (χ1v) is 12.7. The van der Waals surface area contributed by atoms with Gasteiger partial charge in [-0.1, -0.05) is 41.6 Å². The number of ether oxygens (including phenoxy) is 2. The summed E-state index contributed by atoms with van der Waals surface area (Å²) >= 11 is 7.16. The van der Waals surface area contributed by atoms with E-state index >= 15 is 0 Å². The van der Waals surface area contributed by atoms with Crippen molar-refractivity contribution in [2.75, 3.05) is 13.2 Å². The molecule has 1 atom stereocenters. The first-order chi connectivity index (χ1) is 17.8. The molecule has 0 saturated heterocycles. The second kappa shape index (κ2) is 12.1. The lowest BCUT2D eigenvalue weighted by atomic mass is 10.1. The van der Waals surface area contributed by atoms with Crippen molar-refractivity contribution >= 4 is 23.4 Å². The van der Waals surface area contributed by atoms with Gasteiger partial charge in [-0.15, -0.1) is 10.2 Å². The van der Waals surface area contributed by atoms with Gasteiger partial charge in [0.2, 0.25) is 6.54 Å². The van der Waals surface area contributed by atoms with Gasteiger partial charge in [-0.3, -0.25) is 14.7 Å². The van der Waals surface area contributed by atoms with E-state index < -0.39 is 5.25 Å². The summed E-state index contributed by atoms with van der Waals surface area (Å²) in [7, 11) is 0. The molecule has 0 aliphatic carbocycles. The van der Waals surface area contributed by atoms with Crippen LogP contribution in [0, 0.1) is 22.9 Å². The lowest BCUT2D eigenvalue weighted by Gasteiger charge is -2.17. The van der Waals surface area contributed by atoms with Crippen LogP contribution in [-0.4, -0.2) is 32.8 Å². The van der Waals surface area contributed by atoms with Crippen LogP contribution >= 0.6 is 23.4 Å². The van der Waals surface area contributed by atoms with Crippen molar-refractivity contribution in [1.29, 1.82) is 0 Å². The fraction of sp³-hybridized carbons (Fsp3) is 0.231. The molecule has 192 valence electrons. The van der Waals surface area contributed by atoms with Crippen molar-refractivity contribution in [2.24, 2.45) is 0 Å². The molecular formula is C26H24ClFN4O4S. The summed E-state index contributed by atoms with van der Waals surface area (Å²) in [4.78, 5) is 11.2. The van der Waals surface area contributed by atoms with Gasteiger partial charge in [0, 0.05) is 15.6 Å². The van der Waals surface area contributed by atoms with Crippen LogP contribution in [0.2, 0.25) is 5.02 Å². The van der Waals surface area contributed by atoms with Crippen LogP contribution in [0.25, 0.3) is 5.69 Å². The number of aryl methyl sites for hydroxylation is 1. The molecule has 4 aromatic rings. The van der Waals surface area contributed by atoms with Gasteiger partial charge in [-0.05, 0) is 73.5 Å². The number of nitrogens with zero attached hydrogens (tertiary/aromatic N) is 4. The minimum atomic E-state index is -0.595. The number of hydrogen-bond acceptors (Lipinski definition) is 7. The number of hydrogen-bond donors (Lipinski definition) is 0. The molecule has 3 aromatic carbocycles. The van der Waals surface area contributed by atoms with E-state index in [0.717, 1.165) is 5.56 Å². The monoisotopic (exact) mass is 542 g/mol. The second-order valence-electron chi connectivity index (χ2n) is 8.02. The zero-order chi connectivity index (χ0) is 26.4. The molecule has 0 amide bonds. The summed E-state index contributed by atoms with van der Waals surface area (Å²) in [6.07, 6.45) is 0. The summed E-state index contributed by atoms with van der Waals surface area (Å²) < 4.78 is 27.0. The Hall–Kier alpha value is -3.63. The molecule has 4 rings (SSSR count). The third-order valence-corrected chi connectivity index (χ3v) is 6.82. The van der Waals surface area contributed by atoms with Gasteiger partial charge in [0.1, 0.15) is 23.5 Å². The Balaban J connectivity index is 1.61. The van der Waals surface area contributed by atoms with Gasteiger partial charge < -0.3 is 9.47 Å². The summed E-state index contributed by atoms with van der Waals surface area (Å²) in [5.41, 5.74) is 2.27. The smallest absolute Gasteiger partial charge is 0.220 e. The molecule has 0 unspecified atom stereocenters. The summed E-state index contributed by atoms with van der Waals surface area (Å²) in [5, 5.41) is 20.4. The highest BCUT2D eigenvalue weighted by molar-refractivity contribution is 7.99. The molecule has 0 bridgehead atoms. The van der Waals surface area contributed by atoms with Crippen molar-refractivity contribution < 1.29 is 18.8 Å². The Kier molecular flexibility index (Phi) is 8.62. The number of halogens is 2. The molecule has 8 nitrogen and oxygen atoms in total. The molecule has 0 aliphatic rings. The Morgan fingerprint density at radius 1 is 1.05 bits per heavy atom. The van der Waals surface area contributed by atoms with E-state index in [1.54, 1.807) is 54.0 Å². The van der Waals surface area contributed by atoms with Crippen LogP contribution < -0.4 is 9.47 Å². The molecule has 0 radical (unpaired) electrons. The Morgan fingerprint density at radius 2 is 1.78 bits per heavy atom. The average Bonchev–Trinajstić information content (AvgIpc) is 3.24. The van der Waals surface area contributed by atoms with Gasteiger partial charge in [-0.25, -0.2) is 4.39 Å². The standard InChI is InChI=1S/C26H24ClFN4O4S/c1-3-35-24-14-19(6-13-23(24)36-16-18-4-7-20(27)8-5-18)25(15-31(33)34)37-26-30-29-17(2)32(26)22-11-9-21(28)10-12-22/h4-14,25H,3,15-16H2,1-2H3/t25-/m0/s1. The van der Waals surface area contributed by atoms with Crippen molar-refractivity contribution in [3.8, 4) is 17.2 Å². The highest BCUT2D eigenvalue weighted by Gasteiger charge is 2.25. The Bertz CT molecular complexity index is 1370. The zero-order valence-corrected chi connectivity index (χ0v) is 21.7. The van der Waals surface area contributed by atoms with Crippen molar-refractivity contribution in [3.05, 3.63) is 105 Å². The SMILES string of the molecule is CCOc1cc([C@H](C[N+](=O)[O-])Sc2nnc(C)n2-c2ccc(F)cc2)ccc1OCc1ccc(Cl)cc1. The minimum absolute atomic E-state index is 0.309. The molecule has 0 N–H and O–H groups in total. The number of rotatable bonds is 11. The molecule has 0 fully saturated rings. The lowest BCUT2D eigenvalue weighted by Crippen LogP contribution is -2.11. The molecule has 11 heteroatoms. The molecule has 0 aliphatic heterocycles. The van der Waals surface area contributed by atoms with Gasteiger partial charge >= 0.3 is 0 Å². The van der Waals surface area contributed by atoms with Gasteiger partial charge in [0.15, 0.2) is 16.7 Å². The van der Waals surface area contributed by atoms with Crippen molar-refractivity contribution in [3.63, 3.8) is 0 Å². The van der Waals surface area contributed by atoms with Gasteiger partial charge in [0.05, 0.1) is 6.61 Å². The van der Waals surface area contributed by atoms with E-state index in [1.807, 2.05) is 19.1 Å². The maximum Gasteiger partial charge on any atom is 0.220 e. The predicted octanol–water partition coefficient (Wildman–Crippen LogP) is 6.46. The highest BCUT2D eigenvalue weighted by atomic mass is 35.5. The molecule has 0 saturated carbocycles. The van der Waals surface area contributed by atoms with E-state index in [1.165, 1.54) is 23.9 Å². The topological polar surface area (TPSA) is 92.3 Å². The fourth-order valence-corrected chi connectivity index (χ4v) is 4.92. The third kappa shape index (κ3) is 6.78. The van der Waals surface area contributed by atoms with Gasteiger partial charge in [0.25, 0.3) is 0 Å². The fourth-order valence-electron chi connectivity index (χ4n) is 3.63. The first kappa shape index (κ1) is 26.4. The number of benzene rings is 3. The van der Waals surface area contributed by atoms with Crippen LogP contribution in [-0.2, 0) is 6.61 Å². The second-order valence-corrected chi connectivity index (χ2v) is 9.62. The van der Waals surface area contributed by atoms with E-state index in [-0.39, 0.29) is 17.3 Å². The Morgan fingerprint density at radius 3 is 2.46 bits per heavy atom. The number of aromatic nitrogens is 3. The summed E-state index contributed by atoms with van der Waals surface area (Å²) in [6.45, 7) is 3.97. The number of thioether (sulfide) groups is 1. The molecule has 37 heavy (non-hydrogen) atoms. The highest BCUT2D eigenvalue weighted by Crippen LogP contribution is 2.39. The normalized spacial score (nSPS) is 11.8. The quantitative estimate of drug-likeness (QED) is 0.122. The zero-order valence-electron chi connectivity index (χ0n) is 20.1. The molecule has 0 spiro atoms. The van der Waals surface area contributed by atoms with Crippen LogP contribution in [0.1, 0.15) is 29.1 Å². The van der Waals surface area contributed by atoms with Crippen LogP contribution in [0.3, 0.4) is 0 Å². The van der Waals surface area contributed by atoms with Crippen LogP contribution in [0.15, 0.2) is 71.9 Å². The maximum atomic E-state index is 13.5. The van der Waals surface area contributed by atoms with Gasteiger partial charge in [-0.2, -0.15) is 0 Å². The van der Waals surface area contributed by atoms with E-state index in [4.69, 9.17) is 21.1 Å². The van der Waals surface area contributed by atoms with E-state index in [2.05, 4.69) is 10.2 Å². The lowest BCUT2D eigenvalue weighted by molar-refractivity contribution is -0.479. The Labute approximate surface area is 222 Å². The summed E-state index contributed by atoms with van der Waals surface area (Å²) in [6, 6.07) is 18.5. The maximum absolute atomic E-state index is 13.5.